The van der Waals surface area contributed by atoms with Crippen LogP contribution < -0.4 is 10.1 Å². The first kappa shape index (κ1) is 20.7. The summed E-state index contributed by atoms with van der Waals surface area (Å²) in [7, 11) is 1.67. The lowest BCUT2D eigenvalue weighted by Gasteiger charge is -2.29. The van der Waals surface area contributed by atoms with Crippen LogP contribution in [0.4, 0.5) is 0 Å². The van der Waals surface area contributed by atoms with Gasteiger partial charge in [-0.3, -0.25) is 4.79 Å². The average molecular weight is 404 g/mol. The number of carbonyl (C=O) groups is 1. The van der Waals surface area contributed by atoms with Crippen LogP contribution in [-0.2, 0) is 17.6 Å². The van der Waals surface area contributed by atoms with E-state index in [9.17, 15) is 4.79 Å². The van der Waals surface area contributed by atoms with Crippen molar-refractivity contribution in [1.29, 1.82) is 0 Å². The number of nitrogens with one attached hydrogen (secondary N) is 1. The third-order valence-electron chi connectivity index (χ3n) is 5.25. The highest BCUT2D eigenvalue weighted by molar-refractivity contribution is 7.99. The zero-order valence-corrected chi connectivity index (χ0v) is 17.5. The second-order valence-electron chi connectivity index (χ2n) is 7.39. The minimum absolute atomic E-state index is 0.0444. The van der Waals surface area contributed by atoms with Gasteiger partial charge in [0.05, 0.1) is 12.9 Å². The molecule has 0 bridgehead atoms. The van der Waals surface area contributed by atoms with Crippen LogP contribution in [0.15, 0.2) is 33.9 Å². The smallest absolute Gasteiger partial charge is 0.277 e. The van der Waals surface area contributed by atoms with E-state index >= 15 is 0 Å². The van der Waals surface area contributed by atoms with Crippen molar-refractivity contribution in [2.75, 3.05) is 12.9 Å². The molecule has 1 aromatic carbocycles. The number of hydrogen-bond donors (Lipinski definition) is 1. The first-order chi connectivity index (χ1) is 13.6. The molecule has 0 aliphatic heterocycles. The highest BCUT2D eigenvalue weighted by atomic mass is 32.2. The number of aryl methyl sites for hydroxylation is 2. The van der Waals surface area contributed by atoms with Gasteiger partial charge >= 0.3 is 0 Å². The van der Waals surface area contributed by atoms with Crippen molar-refractivity contribution in [2.24, 2.45) is 5.92 Å². The van der Waals surface area contributed by atoms with Gasteiger partial charge in [-0.15, -0.1) is 10.2 Å². The van der Waals surface area contributed by atoms with E-state index in [1.54, 1.807) is 7.11 Å². The van der Waals surface area contributed by atoms with Crippen LogP contribution in [0.3, 0.4) is 0 Å². The van der Waals surface area contributed by atoms with Crippen LogP contribution in [0.5, 0.6) is 5.75 Å². The third-order valence-corrected chi connectivity index (χ3v) is 6.07. The Bertz CT molecular complexity index is 748. The van der Waals surface area contributed by atoms with Gasteiger partial charge in [-0.1, -0.05) is 43.7 Å². The van der Waals surface area contributed by atoms with Gasteiger partial charge in [-0.2, -0.15) is 0 Å². The zero-order chi connectivity index (χ0) is 19.8. The molecule has 1 N–H and O–H groups in total. The first-order valence-electron chi connectivity index (χ1n) is 10.0. The number of ether oxygens (including phenoxy) is 1. The van der Waals surface area contributed by atoms with Crippen molar-refractivity contribution >= 4 is 17.7 Å². The number of benzene rings is 1. The lowest BCUT2D eigenvalue weighted by Crippen LogP contribution is -2.41. The topological polar surface area (TPSA) is 77.2 Å². The number of hydrogen-bond acceptors (Lipinski definition) is 6. The Hall–Kier alpha value is -2.02. The predicted molar refractivity (Wildman–Crippen MR) is 110 cm³/mol. The summed E-state index contributed by atoms with van der Waals surface area (Å²) in [4.78, 5) is 12.2. The molecule has 2 atom stereocenters. The average Bonchev–Trinajstić information content (AvgIpc) is 3.16. The Balaban J connectivity index is 1.37. The number of nitrogens with zero attached hydrogens (tertiary/aromatic N) is 2. The SMILES string of the molecule is COc1ccc(CCCc2nnc(SCC(=O)N[C@@H]3CCCC[C@H]3C)o2)cc1. The van der Waals surface area contributed by atoms with Gasteiger partial charge in [0.2, 0.25) is 11.8 Å². The standard InChI is InChI=1S/C21H29N3O3S/c1-15-6-3-4-8-18(15)22-19(25)14-28-21-24-23-20(27-21)9-5-7-16-10-12-17(26-2)13-11-16/h10-13,15,18H,3-9,14H2,1-2H3,(H,22,25)/t15-,18-/m1/s1. The summed E-state index contributed by atoms with van der Waals surface area (Å²) in [5.74, 6) is 2.41. The minimum Gasteiger partial charge on any atom is -0.497 e. The quantitative estimate of drug-likeness (QED) is 0.637. The molecule has 1 aromatic heterocycles. The van der Waals surface area contributed by atoms with E-state index < -0.39 is 0 Å². The summed E-state index contributed by atoms with van der Waals surface area (Å²) < 4.78 is 10.8. The highest BCUT2D eigenvalue weighted by Crippen LogP contribution is 2.24. The molecule has 0 spiro atoms. The van der Waals surface area contributed by atoms with Gasteiger partial charge in [-0.05, 0) is 49.3 Å². The normalized spacial score (nSPS) is 19.4. The second-order valence-corrected chi connectivity index (χ2v) is 8.31. The van der Waals surface area contributed by atoms with Crippen LogP contribution >= 0.6 is 11.8 Å². The number of thioether (sulfide) groups is 1. The Morgan fingerprint density at radius 1 is 1.21 bits per heavy atom. The molecule has 6 nitrogen and oxygen atoms in total. The van der Waals surface area contributed by atoms with E-state index in [0.29, 0.717) is 28.8 Å². The maximum atomic E-state index is 12.2. The highest BCUT2D eigenvalue weighted by Gasteiger charge is 2.23. The largest absolute Gasteiger partial charge is 0.497 e. The number of rotatable bonds is 9. The molecule has 0 unspecified atom stereocenters. The summed E-state index contributed by atoms with van der Waals surface area (Å²) in [6, 6.07) is 8.38. The molecule has 1 aliphatic carbocycles. The van der Waals surface area contributed by atoms with Crippen molar-refractivity contribution in [2.45, 2.75) is 63.1 Å². The molecule has 7 heteroatoms. The summed E-state index contributed by atoms with van der Waals surface area (Å²) in [5, 5.41) is 11.8. The Kier molecular flexibility index (Phi) is 7.77. The number of amides is 1. The lowest BCUT2D eigenvalue weighted by molar-refractivity contribution is -0.119. The molecule has 152 valence electrons. The number of methoxy groups -OCH3 is 1. The number of carbonyl (C=O) groups excluding carboxylic acids is 1. The van der Waals surface area contributed by atoms with Crippen LogP contribution in [0.2, 0.25) is 0 Å². The van der Waals surface area contributed by atoms with E-state index in [2.05, 4.69) is 34.6 Å². The fourth-order valence-corrected chi connectivity index (χ4v) is 4.13. The summed E-state index contributed by atoms with van der Waals surface area (Å²) in [6.07, 6.45) is 7.34. The monoisotopic (exact) mass is 403 g/mol. The molecular weight excluding hydrogens is 374 g/mol. The van der Waals surface area contributed by atoms with Crippen LogP contribution in [-0.4, -0.2) is 35.0 Å². The van der Waals surface area contributed by atoms with E-state index in [0.717, 1.165) is 31.4 Å². The molecule has 28 heavy (non-hydrogen) atoms. The molecule has 0 radical (unpaired) electrons. The van der Waals surface area contributed by atoms with E-state index in [-0.39, 0.29) is 5.91 Å². The second kappa shape index (κ2) is 10.5. The summed E-state index contributed by atoms with van der Waals surface area (Å²) in [6.45, 7) is 2.22. The molecule has 1 aliphatic rings. The minimum atomic E-state index is 0.0444. The Morgan fingerprint density at radius 3 is 2.75 bits per heavy atom. The first-order valence-corrected chi connectivity index (χ1v) is 11.0. The van der Waals surface area contributed by atoms with E-state index in [1.165, 1.54) is 36.6 Å². The Morgan fingerprint density at radius 2 is 2.00 bits per heavy atom. The third kappa shape index (κ3) is 6.26. The lowest BCUT2D eigenvalue weighted by atomic mass is 9.86. The van der Waals surface area contributed by atoms with Crippen molar-refractivity contribution in [3.63, 3.8) is 0 Å². The van der Waals surface area contributed by atoms with Gasteiger partial charge in [0.1, 0.15) is 5.75 Å². The molecule has 3 rings (SSSR count). The molecule has 0 saturated heterocycles. The summed E-state index contributed by atoms with van der Waals surface area (Å²) in [5.41, 5.74) is 1.25. The molecule has 1 heterocycles. The van der Waals surface area contributed by atoms with Crippen molar-refractivity contribution in [3.05, 3.63) is 35.7 Å². The fraction of sp³-hybridized carbons (Fsp3) is 0.571. The molecule has 1 saturated carbocycles. The zero-order valence-electron chi connectivity index (χ0n) is 16.6. The van der Waals surface area contributed by atoms with Crippen molar-refractivity contribution in [1.82, 2.24) is 15.5 Å². The summed E-state index contributed by atoms with van der Waals surface area (Å²) >= 11 is 1.31. The fourth-order valence-electron chi connectivity index (χ4n) is 3.54. The van der Waals surface area contributed by atoms with Crippen molar-refractivity contribution < 1.29 is 13.9 Å². The molecule has 2 aromatic rings. The van der Waals surface area contributed by atoms with Gasteiger partial charge < -0.3 is 14.5 Å². The number of aromatic nitrogens is 2. The van der Waals surface area contributed by atoms with Crippen LogP contribution in [0, 0.1) is 5.92 Å². The van der Waals surface area contributed by atoms with Gasteiger partial charge in [-0.25, -0.2) is 0 Å². The predicted octanol–water partition coefficient (Wildman–Crippen LogP) is 4.04. The Labute approximate surface area is 170 Å². The molecule has 1 amide bonds. The maximum Gasteiger partial charge on any atom is 0.277 e. The maximum absolute atomic E-state index is 12.2. The van der Waals surface area contributed by atoms with Gasteiger partial charge in [0.15, 0.2) is 0 Å². The molecule has 1 fully saturated rings. The molecular formula is C21H29N3O3S. The van der Waals surface area contributed by atoms with Crippen LogP contribution in [0.1, 0.15) is 50.5 Å². The van der Waals surface area contributed by atoms with Gasteiger partial charge in [0, 0.05) is 12.5 Å². The van der Waals surface area contributed by atoms with E-state index in [4.69, 9.17) is 9.15 Å². The van der Waals surface area contributed by atoms with Crippen molar-refractivity contribution in [3.8, 4) is 5.75 Å². The van der Waals surface area contributed by atoms with Gasteiger partial charge in [0.25, 0.3) is 5.22 Å². The van der Waals surface area contributed by atoms with E-state index in [1.807, 2.05) is 12.1 Å². The van der Waals surface area contributed by atoms with Crippen LogP contribution in [0.25, 0.3) is 0 Å².